The zero-order valence-corrected chi connectivity index (χ0v) is 11.1. The highest BCUT2D eigenvalue weighted by molar-refractivity contribution is 5.90. The fourth-order valence-corrected chi connectivity index (χ4v) is 2.61. The van der Waals surface area contributed by atoms with Crippen molar-refractivity contribution in [1.29, 1.82) is 0 Å². The van der Waals surface area contributed by atoms with E-state index >= 15 is 0 Å². The number of aromatic nitrogens is 1. The van der Waals surface area contributed by atoms with E-state index in [0.29, 0.717) is 6.04 Å². The van der Waals surface area contributed by atoms with Crippen molar-refractivity contribution in [2.75, 3.05) is 5.32 Å². The van der Waals surface area contributed by atoms with Crippen LogP contribution in [0, 0.1) is 12.8 Å². The number of nitrogens with one attached hydrogen (secondary N) is 1. The van der Waals surface area contributed by atoms with Crippen LogP contribution in [0.25, 0.3) is 10.9 Å². The number of nitrogens with zero attached hydrogens (tertiary/aromatic N) is 1. The van der Waals surface area contributed by atoms with Crippen LogP contribution >= 0.6 is 0 Å². The SMILES string of the molecule is CCC(Nc1cccc2ccc(C)nc12)C1CC1. The molecule has 2 heteroatoms. The zero-order chi connectivity index (χ0) is 12.5. The van der Waals surface area contributed by atoms with Crippen molar-refractivity contribution in [2.24, 2.45) is 5.92 Å². The minimum absolute atomic E-state index is 0.609. The highest BCUT2D eigenvalue weighted by Crippen LogP contribution is 2.36. The summed E-state index contributed by atoms with van der Waals surface area (Å²) < 4.78 is 0. The third kappa shape index (κ3) is 2.20. The number of fused-ring (bicyclic) bond motifs is 1. The van der Waals surface area contributed by atoms with Gasteiger partial charge in [0.1, 0.15) is 0 Å². The molecule has 1 atom stereocenters. The average molecular weight is 240 g/mol. The largest absolute Gasteiger partial charge is 0.380 e. The van der Waals surface area contributed by atoms with Gasteiger partial charge in [-0.3, -0.25) is 4.98 Å². The van der Waals surface area contributed by atoms with Gasteiger partial charge >= 0.3 is 0 Å². The summed E-state index contributed by atoms with van der Waals surface area (Å²) in [6.45, 7) is 4.31. The molecule has 1 unspecified atom stereocenters. The van der Waals surface area contributed by atoms with E-state index in [1.807, 2.05) is 0 Å². The third-order valence-corrected chi connectivity index (χ3v) is 3.83. The van der Waals surface area contributed by atoms with Crippen molar-refractivity contribution in [2.45, 2.75) is 39.2 Å². The fourth-order valence-electron chi connectivity index (χ4n) is 2.61. The Bertz CT molecular complexity index is 558. The summed E-state index contributed by atoms with van der Waals surface area (Å²) in [5.74, 6) is 0.870. The molecule has 1 N–H and O–H groups in total. The average Bonchev–Trinajstić information content (AvgIpc) is 3.20. The minimum Gasteiger partial charge on any atom is -0.380 e. The first-order chi connectivity index (χ1) is 8.78. The molecule has 1 aliphatic rings. The van der Waals surface area contributed by atoms with Crippen LogP contribution in [0.4, 0.5) is 5.69 Å². The lowest BCUT2D eigenvalue weighted by Crippen LogP contribution is -2.20. The van der Waals surface area contributed by atoms with Crippen LogP contribution in [-0.2, 0) is 0 Å². The monoisotopic (exact) mass is 240 g/mol. The lowest BCUT2D eigenvalue weighted by molar-refractivity contribution is 0.617. The first-order valence-corrected chi connectivity index (χ1v) is 6.91. The maximum absolute atomic E-state index is 4.68. The summed E-state index contributed by atoms with van der Waals surface area (Å²) in [4.78, 5) is 4.68. The summed E-state index contributed by atoms with van der Waals surface area (Å²) in [5, 5.41) is 4.92. The molecule has 1 heterocycles. The molecule has 0 spiro atoms. The van der Waals surface area contributed by atoms with Crippen molar-refractivity contribution in [3.05, 3.63) is 36.0 Å². The van der Waals surface area contributed by atoms with E-state index in [2.05, 4.69) is 54.5 Å². The Balaban J connectivity index is 1.97. The molecule has 3 rings (SSSR count). The lowest BCUT2D eigenvalue weighted by Gasteiger charge is -2.18. The summed E-state index contributed by atoms with van der Waals surface area (Å²) in [6.07, 6.45) is 3.94. The van der Waals surface area contributed by atoms with Gasteiger partial charge in [-0.05, 0) is 44.2 Å². The predicted octanol–water partition coefficient (Wildman–Crippen LogP) is 4.14. The fraction of sp³-hybridized carbons (Fsp3) is 0.438. The van der Waals surface area contributed by atoms with Gasteiger partial charge in [0, 0.05) is 17.1 Å². The van der Waals surface area contributed by atoms with Crippen LogP contribution in [0.3, 0.4) is 0 Å². The quantitative estimate of drug-likeness (QED) is 0.868. The van der Waals surface area contributed by atoms with Gasteiger partial charge in [0.2, 0.25) is 0 Å². The molecule has 1 aliphatic carbocycles. The Morgan fingerprint density at radius 3 is 2.83 bits per heavy atom. The van der Waals surface area contributed by atoms with E-state index in [1.165, 1.54) is 30.3 Å². The molecule has 1 aromatic carbocycles. The molecule has 1 aromatic heterocycles. The number of benzene rings is 1. The van der Waals surface area contributed by atoms with Crippen LogP contribution in [0.1, 0.15) is 31.9 Å². The van der Waals surface area contributed by atoms with Crippen LogP contribution in [0.15, 0.2) is 30.3 Å². The van der Waals surface area contributed by atoms with Gasteiger partial charge in [0.25, 0.3) is 0 Å². The maximum atomic E-state index is 4.68. The van der Waals surface area contributed by atoms with Gasteiger partial charge in [-0.2, -0.15) is 0 Å². The third-order valence-electron chi connectivity index (χ3n) is 3.83. The van der Waals surface area contributed by atoms with Crippen molar-refractivity contribution >= 4 is 16.6 Å². The number of pyridine rings is 1. The summed E-state index contributed by atoms with van der Waals surface area (Å²) >= 11 is 0. The Kier molecular flexibility index (Phi) is 2.94. The van der Waals surface area contributed by atoms with Crippen molar-refractivity contribution < 1.29 is 0 Å². The van der Waals surface area contributed by atoms with Crippen LogP contribution in [-0.4, -0.2) is 11.0 Å². The molecule has 18 heavy (non-hydrogen) atoms. The predicted molar refractivity (Wildman–Crippen MR) is 76.9 cm³/mol. The zero-order valence-electron chi connectivity index (χ0n) is 11.1. The first kappa shape index (κ1) is 11.5. The highest BCUT2D eigenvalue weighted by Gasteiger charge is 2.30. The molecule has 0 aliphatic heterocycles. The summed E-state index contributed by atoms with van der Waals surface area (Å²) in [5.41, 5.74) is 3.38. The molecule has 0 radical (unpaired) electrons. The van der Waals surface area contributed by atoms with Crippen molar-refractivity contribution in [3.8, 4) is 0 Å². The topological polar surface area (TPSA) is 24.9 Å². The Morgan fingerprint density at radius 1 is 1.28 bits per heavy atom. The van der Waals surface area contributed by atoms with Crippen molar-refractivity contribution in [1.82, 2.24) is 4.98 Å². The highest BCUT2D eigenvalue weighted by atomic mass is 14.9. The van der Waals surface area contributed by atoms with Gasteiger partial charge in [-0.25, -0.2) is 0 Å². The second-order valence-corrected chi connectivity index (χ2v) is 5.33. The Morgan fingerprint density at radius 2 is 2.11 bits per heavy atom. The molecule has 1 fully saturated rings. The smallest absolute Gasteiger partial charge is 0.0936 e. The van der Waals surface area contributed by atoms with E-state index in [4.69, 9.17) is 0 Å². The molecule has 2 nitrogen and oxygen atoms in total. The normalized spacial score (nSPS) is 16.8. The second kappa shape index (κ2) is 4.60. The first-order valence-electron chi connectivity index (χ1n) is 6.91. The number of rotatable bonds is 4. The molecular weight excluding hydrogens is 220 g/mol. The van der Waals surface area contributed by atoms with E-state index in [-0.39, 0.29) is 0 Å². The molecule has 0 bridgehead atoms. The number of anilines is 1. The molecule has 2 aromatic rings. The lowest BCUT2D eigenvalue weighted by atomic mass is 10.1. The van der Waals surface area contributed by atoms with E-state index in [9.17, 15) is 0 Å². The summed E-state index contributed by atoms with van der Waals surface area (Å²) in [6, 6.07) is 11.2. The van der Waals surface area contributed by atoms with Gasteiger partial charge < -0.3 is 5.32 Å². The van der Waals surface area contributed by atoms with Gasteiger partial charge in [-0.1, -0.05) is 25.1 Å². The molecule has 0 amide bonds. The number of aryl methyl sites for hydroxylation is 1. The minimum atomic E-state index is 0.609. The Labute approximate surface area is 108 Å². The van der Waals surface area contributed by atoms with Gasteiger partial charge in [0.05, 0.1) is 11.2 Å². The van der Waals surface area contributed by atoms with Crippen LogP contribution < -0.4 is 5.32 Å². The van der Waals surface area contributed by atoms with E-state index in [0.717, 1.165) is 17.1 Å². The van der Waals surface area contributed by atoms with Gasteiger partial charge in [-0.15, -0.1) is 0 Å². The standard InChI is InChI=1S/C16H20N2/c1-3-14(12-9-10-12)18-15-6-4-5-13-8-7-11(2)17-16(13)15/h4-8,12,14,18H,3,9-10H2,1-2H3. The number of hydrogen-bond acceptors (Lipinski definition) is 2. The molecule has 94 valence electrons. The summed E-state index contributed by atoms with van der Waals surface area (Å²) in [7, 11) is 0. The molecule has 1 saturated carbocycles. The second-order valence-electron chi connectivity index (χ2n) is 5.33. The number of hydrogen-bond donors (Lipinski definition) is 1. The van der Waals surface area contributed by atoms with Crippen molar-refractivity contribution in [3.63, 3.8) is 0 Å². The van der Waals surface area contributed by atoms with Crippen LogP contribution in [0.5, 0.6) is 0 Å². The number of para-hydroxylation sites is 1. The molecular formula is C16H20N2. The van der Waals surface area contributed by atoms with E-state index in [1.54, 1.807) is 0 Å². The molecule has 0 saturated heterocycles. The Hall–Kier alpha value is -1.57. The van der Waals surface area contributed by atoms with Gasteiger partial charge in [0.15, 0.2) is 0 Å². The van der Waals surface area contributed by atoms with Crippen LogP contribution in [0.2, 0.25) is 0 Å². The maximum Gasteiger partial charge on any atom is 0.0936 e. The van der Waals surface area contributed by atoms with E-state index < -0.39 is 0 Å².